The van der Waals surface area contributed by atoms with E-state index >= 15 is 0 Å². The molecule has 0 amide bonds. The molecule has 0 radical (unpaired) electrons. The van der Waals surface area contributed by atoms with Crippen molar-refractivity contribution in [3.63, 3.8) is 0 Å². The van der Waals surface area contributed by atoms with E-state index in [0.29, 0.717) is 43.4 Å². The molecule has 1 saturated heterocycles. The summed E-state index contributed by atoms with van der Waals surface area (Å²) in [6.45, 7) is 8.00. The van der Waals surface area contributed by atoms with Gasteiger partial charge in [0.2, 0.25) is 5.78 Å². The predicted octanol–water partition coefficient (Wildman–Crippen LogP) is 4.19. The Labute approximate surface area is 183 Å². The number of nitrogen functional groups attached to an aromatic ring is 1. The van der Waals surface area contributed by atoms with Gasteiger partial charge < -0.3 is 16.0 Å². The largest absolute Gasteiger partial charge is 0.418 e. The maximum Gasteiger partial charge on any atom is 0.418 e. The molecule has 0 saturated carbocycles. The predicted molar refractivity (Wildman–Crippen MR) is 118 cm³/mol. The minimum absolute atomic E-state index is 0. The van der Waals surface area contributed by atoms with E-state index in [1.165, 1.54) is 18.3 Å². The third-order valence-electron chi connectivity index (χ3n) is 5.36. The molecule has 0 bridgehead atoms. The first-order valence-corrected chi connectivity index (χ1v) is 10.5. The maximum absolute atomic E-state index is 13.7. The molecule has 0 unspecified atom stereocenters. The molecule has 3 rings (SSSR count). The van der Waals surface area contributed by atoms with E-state index in [1.54, 1.807) is 0 Å². The van der Waals surface area contributed by atoms with E-state index in [1.807, 2.05) is 11.8 Å². The van der Waals surface area contributed by atoms with Crippen LogP contribution in [-0.2, 0) is 12.6 Å². The van der Waals surface area contributed by atoms with E-state index < -0.39 is 23.2 Å². The van der Waals surface area contributed by atoms with Gasteiger partial charge >= 0.3 is 6.18 Å². The highest BCUT2D eigenvalue weighted by molar-refractivity contribution is 6.11. The highest BCUT2D eigenvalue weighted by Gasteiger charge is 2.37. The van der Waals surface area contributed by atoms with Crippen LogP contribution in [0.2, 0.25) is 0 Å². The molecule has 9 heteroatoms. The van der Waals surface area contributed by atoms with Crippen LogP contribution in [0.3, 0.4) is 0 Å². The number of nitrogens with zero attached hydrogens (tertiary/aromatic N) is 3. The number of nitrogens with two attached hydrogens (primary N) is 1. The summed E-state index contributed by atoms with van der Waals surface area (Å²) in [6, 6.07) is 3.96. The van der Waals surface area contributed by atoms with Crippen LogP contribution in [0.15, 0.2) is 24.4 Å². The lowest BCUT2D eigenvalue weighted by atomic mass is 10.0. The van der Waals surface area contributed by atoms with Crippen LogP contribution in [0.5, 0.6) is 0 Å². The van der Waals surface area contributed by atoms with Gasteiger partial charge in [0.05, 0.1) is 11.1 Å². The number of ketones is 1. The van der Waals surface area contributed by atoms with Crippen molar-refractivity contribution in [2.75, 3.05) is 30.3 Å². The van der Waals surface area contributed by atoms with Gasteiger partial charge in [-0.05, 0) is 42.5 Å². The zero-order valence-corrected chi connectivity index (χ0v) is 18.0. The average Bonchev–Trinajstić information content (AvgIpc) is 2.72. The molecular weight excluding hydrogens is 407 g/mol. The number of carbonyl (C=O) groups excluding carboxylic acids is 1. The second-order valence-electron chi connectivity index (χ2n) is 8.25. The van der Waals surface area contributed by atoms with Crippen LogP contribution in [0.4, 0.5) is 24.8 Å². The fourth-order valence-corrected chi connectivity index (χ4v) is 3.81. The smallest absolute Gasteiger partial charge is 0.383 e. The molecule has 1 aliphatic rings. The van der Waals surface area contributed by atoms with Gasteiger partial charge in [-0.3, -0.25) is 4.79 Å². The van der Waals surface area contributed by atoms with Gasteiger partial charge in [-0.1, -0.05) is 20.8 Å². The molecule has 2 aromatic rings. The summed E-state index contributed by atoms with van der Waals surface area (Å²) in [6.07, 6.45) is -1.69. The number of piperazine rings is 1. The van der Waals surface area contributed by atoms with Crippen LogP contribution in [-0.4, -0.2) is 41.4 Å². The number of halogens is 3. The molecule has 0 aliphatic carbocycles. The zero-order valence-electron chi connectivity index (χ0n) is 18.0. The van der Waals surface area contributed by atoms with Crippen molar-refractivity contribution in [2.24, 2.45) is 5.92 Å². The lowest BCUT2D eigenvalue weighted by Gasteiger charge is -2.35. The standard InChI is InChI=1S/C22H28F3N5O.2H2/c1-4-14-10-16(21(26)28-11-14)20(31)19-17(22(23,24)25)5-6-18(29-19)30-8-7-27-15(12-30)9-13(2)3;;/h5-6,10-11,13,15,27H,4,7-9,12H2,1-3H3,(H2,26,28);2*1H/t15-;;/m0../s1. The monoisotopic (exact) mass is 439 g/mol. The number of carbonyl (C=O) groups is 1. The summed E-state index contributed by atoms with van der Waals surface area (Å²) in [5.41, 5.74) is 4.75. The second-order valence-corrected chi connectivity index (χ2v) is 8.25. The summed E-state index contributed by atoms with van der Waals surface area (Å²) in [4.78, 5) is 23.2. The number of aromatic nitrogens is 2. The summed E-state index contributed by atoms with van der Waals surface area (Å²) in [5.74, 6) is -0.147. The Bertz CT molecular complexity index is 956. The van der Waals surface area contributed by atoms with Crippen LogP contribution >= 0.6 is 0 Å². The van der Waals surface area contributed by atoms with Gasteiger partial charge in [-0.15, -0.1) is 0 Å². The Morgan fingerprint density at radius 2 is 2.13 bits per heavy atom. The van der Waals surface area contributed by atoms with Crippen molar-refractivity contribution in [1.82, 2.24) is 15.3 Å². The SMILES string of the molecule is CCc1cnc(N)c(C(=O)c2nc(N3CCN[C@@H](CC(C)C)C3)ccc2C(F)(F)F)c1.[HH].[HH]. The minimum Gasteiger partial charge on any atom is -0.383 e. The Hall–Kier alpha value is -2.68. The van der Waals surface area contributed by atoms with Gasteiger partial charge in [0, 0.05) is 34.7 Å². The van der Waals surface area contributed by atoms with Crippen LogP contribution in [0, 0.1) is 5.92 Å². The van der Waals surface area contributed by atoms with Crippen molar-refractivity contribution in [3.05, 3.63) is 46.8 Å². The number of pyridine rings is 2. The average molecular weight is 440 g/mol. The molecule has 1 fully saturated rings. The van der Waals surface area contributed by atoms with Gasteiger partial charge in [-0.2, -0.15) is 13.2 Å². The Morgan fingerprint density at radius 1 is 1.39 bits per heavy atom. The van der Waals surface area contributed by atoms with Crippen molar-refractivity contribution in [3.8, 4) is 0 Å². The molecule has 3 N–H and O–H groups in total. The van der Waals surface area contributed by atoms with E-state index in [2.05, 4.69) is 29.1 Å². The summed E-state index contributed by atoms with van der Waals surface area (Å²) >= 11 is 0. The number of hydrogen-bond acceptors (Lipinski definition) is 6. The maximum atomic E-state index is 13.7. The fraction of sp³-hybridized carbons (Fsp3) is 0.500. The molecule has 6 nitrogen and oxygen atoms in total. The zero-order chi connectivity index (χ0) is 22.8. The first kappa shape index (κ1) is 23.0. The highest BCUT2D eigenvalue weighted by atomic mass is 19.4. The third-order valence-corrected chi connectivity index (χ3v) is 5.36. The molecule has 0 aromatic carbocycles. The molecule has 31 heavy (non-hydrogen) atoms. The first-order valence-electron chi connectivity index (χ1n) is 10.5. The van der Waals surface area contributed by atoms with Crippen molar-refractivity contribution >= 4 is 17.4 Å². The van der Waals surface area contributed by atoms with E-state index in [-0.39, 0.29) is 20.3 Å². The van der Waals surface area contributed by atoms with Gasteiger partial charge in [0.25, 0.3) is 0 Å². The van der Waals surface area contributed by atoms with Crippen LogP contribution in [0.1, 0.15) is 57.2 Å². The van der Waals surface area contributed by atoms with E-state index in [0.717, 1.165) is 12.5 Å². The van der Waals surface area contributed by atoms with Crippen LogP contribution in [0.25, 0.3) is 0 Å². The third kappa shape index (κ3) is 5.33. The number of anilines is 2. The molecule has 3 heterocycles. The fourth-order valence-electron chi connectivity index (χ4n) is 3.81. The molecule has 1 atom stereocenters. The van der Waals surface area contributed by atoms with Crippen molar-refractivity contribution in [2.45, 2.75) is 45.8 Å². The summed E-state index contributed by atoms with van der Waals surface area (Å²) in [7, 11) is 0. The Morgan fingerprint density at radius 3 is 2.77 bits per heavy atom. The number of alkyl halides is 3. The van der Waals surface area contributed by atoms with Gasteiger partial charge in [0.15, 0.2) is 0 Å². The molecule has 1 aliphatic heterocycles. The minimum atomic E-state index is -4.72. The van der Waals surface area contributed by atoms with E-state index in [4.69, 9.17) is 5.73 Å². The molecule has 0 spiro atoms. The second kappa shape index (κ2) is 9.21. The molecule has 172 valence electrons. The van der Waals surface area contributed by atoms with Crippen molar-refractivity contribution in [1.29, 1.82) is 0 Å². The quantitative estimate of drug-likeness (QED) is 0.657. The van der Waals surface area contributed by atoms with Gasteiger partial charge in [-0.25, -0.2) is 9.97 Å². The normalized spacial score (nSPS) is 17.3. The number of hydrogen-bond donors (Lipinski definition) is 2. The van der Waals surface area contributed by atoms with E-state index in [9.17, 15) is 18.0 Å². The topological polar surface area (TPSA) is 84.1 Å². The summed E-state index contributed by atoms with van der Waals surface area (Å²) in [5, 5.41) is 3.43. The number of nitrogens with one attached hydrogen (secondary N) is 1. The Balaban J connectivity index is 0.00000272. The van der Waals surface area contributed by atoms with Crippen LogP contribution < -0.4 is 16.0 Å². The molecular formula is C22H32F3N5O. The Kier molecular flexibility index (Phi) is 6.83. The lowest BCUT2D eigenvalue weighted by molar-refractivity contribution is -0.138. The number of aryl methyl sites for hydroxylation is 1. The first-order chi connectivity index (χ1) is 14.6. The lowest BCUT2D eigenvalue weighted by Crippen LogP contribution is -2.51. The highest BCUT2D eigenvalue weighted by Crippen LogP contribution is 2.34. The molecule has 2 aromatic heterocycles. The van der Waals surface area contributed by atoms with Gasteiger partial charge in [0.1, 0.15) is 17.3 Å². The summed E-state index contributed by atoms with van der Waals surface area (Å²) < 4.78 is 41.1. The van der Waals surface area contributed by atoms with Crippen molar-refractivity contribution < 1.29 is 20.8 Å². The number of rotatable bonds is 6.